The number of carboxylic acids is 1. The quantitative estimate of drug-likeness (QED) is 0.532. The lowest BCUT2D eigenvalue weighted by Gasteiger charge is -2.13. The molecule has 0 aliphatic heterocycles. The molecule has 4 rings (SSSR count). The molecule has 0 saturated carbocycles. The fraction of sp³-hybridized carbons (Fsp3) is 0.118. The molecule has 9 heteroatoms. The Morgan fingerprint density at radius 3 is 2.65 bits per heavy atom. The monoisotopic (exact) mass is 367 g/mol. The van der Waals surface area contributed by atoms with E-state index in [-0.39, 0.29) is 11.3 Å². The smallest absolute Gasteiger partial charge is 0.327 e. The first-order valence-electron chi connectivity index (χ1n) is 7.76. The fourth-order valence-corrected chi connectivity index (χ4v) is 3.19. The fourth-order valence-electron chi connectivity index (χ4n) is 2.86. The molecule has 130 valence electrons. The van der Waals surface area contributed by atoms with Crippen molar-refractivity contribution in [2.24, 2.45) is 0 Å². The minimum Gasteiger partial charge on any atom is -0.480 e. The number of fused-ring (bicyclic) bond motifs is 3. The number of hydrogen-bond donors (Lipinski definition) is 2. The number of thiol groups is 1. The maximum Gasteiger partial charge on any atom is 0.327 e. The van der Waals surface area contributed by atoms with E-state index in [0.717, 1.165) is 15.7 Å². The number of benzene rings is 1. The first-order chi connectivity index (χ1) is 12.6. The second-order valence-electron chi connectivity index (χ2n) is 5.66. The predicted molar refractivity (Wildman–Crippen MR) is 98.5 cm³/mol. The molecule has 0 spiro atoms. The molecule has 0 aliphatic rings. The highest BCUT2D eigenvalue weighted by Crippen LogP contribution is 2.24. The summed E-state index contributed by atoms with van der Waals surface area (Å²) in [5.74, 6) is -1.16. The summed E-state index contributed by atoms with van der Waals surface area (Å²) in [5.41, 5.74) is 2.21. The molecule has 4 aromatic rings. The second-order valence-corrected chi connectivity index (χ2v) is 6.02. The average molecular weight is 367 g/mol. The lowest BCUT2D eigenvalue weighted by atomic mass is 10.1. The summed E-state index contributed by atoms with van der Waals surface area (Å²) in [5, 5.41) is 21.8. The molecule has 8 nitrogen and oxygen atoms in total. The van der Waals surface area contributed by atoms with Crippen LogP contribution in [0.1, 0.15) is 6.04 Å². The summed E-state index contributed by atoms with van der Waals surface area (Å²) in [6, 6.07) is 10.1. The van der Waals surface area contributed by atoms with Gasteiger partial charge in [0, 0.05) is 17.5 Å². The molecular weight excluding hydrogens is 354 g/mol. The van der Waals surface area contributed by atoms with Crippen molar-refractivity contribution in [3.8, 4) is 11.1 Å². The number of nitrogens with zero attached hydrogens (tertiary/aromatic N) is 5. The van der Waals surface area contributed by atoms with Crippen LogP contribution in [0.2, 0.25) is 0 Å². The van der Waals surface area contributed by atoms with Crippen molar-refractivity contribution in [2.45, 2.75) is 6.04 Å². The van der Waals surface area contributed by atoms with Gasteiger partial charge in [0.05, 0.1) is 6.20 Å². The molecule has 1 N–H and O–H groups in total. The highest BCUT2D eigenvalue weighted by molar-refractivity contribution is 7.80. The SMILES string of the molecule is O=C(O)C(CS)n1ccc2c(nnc3c(-c4ccccc4)cnn32)c1=O. The third-order valence-electron chi connectivity index (χ3n) is 4.17. The van der Waals surface area contributed by atoms with Crippen molar-refractivity contribution in [1.29, 1.82) is 0 Å². The third-order valence-corrected chi connectivity index (χ3v) is 4.51. The van der Waals surface area contributed by atoms with Crippen LogP contribution in [0.5, 0.6) is 0 Å². The molecule has 0 amide bonds. The van der Waals surface area contributed by atoms with E-state index in [1.54, 1.807) is 12.3 Å². The Kier molecular flexibility index (Phi) is 3.92. The maximum absolute atomic E-state index is 12.7. The van der Waals surface area contributed by atoms with E-state index in [1.165, 1.54) is 10.7 Å². The normalized spacial score (nSPS) is 12.5. The molecule has 0 aliphatic carbocycles. The molecule has 1 aromatic carbocycles. The van der Waals surface area contributed by atoms with Crippen molar-refractivity contribution in [2.75, 3.05) is 5.75 Å². The van der Waals surface area contributed by atoms with E-state index < -0.39 is 17.6 Å². The molecule has 0 fully saturated rings. The highest BCUT2D eigenvalue weighted by atomic mass is 32.1. The van der Waals surface area contributed by atoms with E-state index >= 15 is 0 Å². The van der Waals surface area contributed by atoms with Gasteiger partial charge in [0.15, 0.2) is 11.2 Å². The van der Waals surface area contributed by atoms with Crippen LogP contribution in [-0.4, -0.2) is 41.2 Å². The second kappa shape index (κ2) is 6.26. The number of pyridine rings is 1. The van der Waals surface area contributed by atoms with Gasteiger partial charge in [-0.05, 0) is 11.6 Å². The van der Waals surface area contributed by atoms with E-state index in [1.807, 2.05) is 30.3 Å². The predicted octanol–water partition coefficient (Wildman–Crippen LogP) is 1.66. The summed E-state index contributed by atoms with van der Waals surface area (Å²) in [6.07, 6.45) is 3.09. The van der Waals surface area contributed by atoms with Crippen LogP contribution in [0.4, 0.5) is 0 Å². The molecule has 0 saturated heterocycles. The van der Waals surface area contributed by atoms with Gasteiger partial charge in [-0.1, -0.05) is 30.3 Å². The standard InChI is InChI=1S/C17H13N5O3S/c23-16-14-12(6-7-21(16)13(9-26)17(24)25)22-15(20-19-14)11(8-18-22)10-4-2-1-3-5-10/h1-8,13,26H,9H2,(H,24,25). The van der Waals surface area contributed by atoms with Gasteiger partial charge in [-0.25, -0.2) is 9.31 Å². The summed E-state index contributed by atoms with van der Waals surface area (Å²) in [6.45, 7) is 0. The van der Waals surface area contributed by atoms with E-state index in [9.17, 15) is 14.7 Å². The average Bonchev–Trinajstić information content (AvgIpc) is 3.09. The molecule has 26 heavy (non-hydrogen) atoms. The summed E-state index contributed by atoms with van der Waals surface area (Å²) in [7, 11) is 0. The molecular formula is C17H13N5O3S. The van der Waals surface area contributed by atoms with Crippen molar-refractivity contribution in [3.63, 3.8) is 0 Å². The number of hydrogen-bond acceptors (Lipinski definition) is 6. The number of aliphatic carboxylic acids is 1. The zero-order valence-electron chi connectivity index (χ0n) is 13.4. The Morgan fingerprint density at radius 2 is 1.96 bits per heavy atom. The Morgan fingerprint density at radius 1 is 1.19 bits per heavy atom. The number of carbonyl (C=O) groups is 1. The minimum absolute atomic E-state index is 0.0175. The van der Waals surface area contributed by atoms with Crippen LogP contribution in [0.3, 0.4) is 0 Å². The van der Waals surface area contributed by atoms with Gasteiger partial charge in [0.25, 0.3) is 5.56 Å². The first-order valence-corrected chi connectivity index (χ1v) is 8.39. The van der Waals surface area contributed by atoms with Gasteiger partial charge in [-0.2, -0.15) is 17.7 Å². The molecule has 1 unspecified atom stereocenters. The Bertz CT molecular complexity index is 1190. The zero-order valence-corrected chi connectivity index (χ0v) is 14.2. The van der Waals surface area contributed by atoms with Gasteiger partial charge >= 0.3 is 5.97 Å². The lowest BCUT2D eigenvalue weighted by molar-refractivity contribution is -0.140. The van der Waals surface area contributed by atoms with Gasteiger partial charge in [0.2, 0.25) is 0 Å². The van der Waals surface area contributed by atoms with Gasteiger partial charge < -0.3 is 5.11 Å². The first kappa shape index (κ1) is 16.3. The Hall–Kier alpha value is -3.20. The maximum atomic E-state index is 12.7. The molecule has 3 heterocycles. The number of aromatic nitrogens is 5. The van der Waals surface area contributed by atoms with Gasteiger partial charge in [0.1, 0.15) is 11.6 Å². The number of rotatable bonds is 4. The minimum atomic E-state index is -1.14. The van der Waals surface area contributed by atoms with Crippen molar-refractivity contribution < 1.29 is 9.90 Å². The van der Waals surface area contributed by atoms with Crippen molar-refractivity contribution >= 4 is 35.3 Å². The number of carboxylic acid groups (broad SMARTS) is 1. The summed E-state index contributed by atoms with van der Waals surface area (Å²) < 4.78 is 2.63. The van der Waals surface area contributed by atoms with Gasteiger partial charge in [-0.15, -0.1) is 10.2 Å². The van der Waals surface area contributed by atoms with E-state index in [4.69, 9.17) is 0 Å². The van der Waals surface area contributed by atoms with Crippen LogP contribution in [0.15, 0.2) is 53.6 Å². The van der Waals surface area contributed by atoms with Gasteiger partial charge in [-0.3, -0.25) is 9.36 Å². The van der Waals surface area contributed by atoms with E-state index in [0.29, 0.717) is 11.2 Å². The van der Waals surface area contributed by atoms with E-state index in [2.05, 4.69) is 27.9 Å². The Balaban J connectivity index is 1.96. The lowest BCUT2D eigenvalue weighted by Crippen LogP contribution is -2.31. The van der Waals surface area contributed by atoms with Crippen LogP contribution < -0.4 is 5.56 Å². The molecule has 1 atom stereocenters. The third kappa shape index (κ3) is 2.44. The Labute approximate surface area is 152 Å². The highest BCUT2D eigenvalue weighted by Gasteiger charge is 2.21. The topological polar surface area (TPSA) is 102 Å². The molecule has 0 bridgehead atoms. The summed E-state index contributed by atoms with van der Waals surface area (Å²) >= 11 is 4.02. The summed E-state index contributed by atoms with van der Waals surface area (Å²) in [4.78, 5) is 24.0. The van der Waals surface area contributed by atoms with Crippen LogP contribution in [-0.2, 0) is 4.79 Å². The zero-order chi connectivity index (χ0) is 18.3. The van der Waals surface area contributed by atoms with Crippen LogP contribution >= 0.6 is 12.6 Å². The largest absolute Gasteiger partial charge is 0.480 e. The van der Waals surface area contributed by atoms with Crippen LogP contribution in [0.25, 0.3) is 27.8 Å². The molecule has 0 radical (unpaired) electrons. The van der Waals surface area contributed by atoms with Crippen LogP contribution in [0, 0.1) is 0 Å². The van der Waals surface area contributed by atoms with Crippen molar-refractivity contribution in [3.05, 3.63) is 59.1 Å². The van der Waals surface area contributed by atoms with Crippen molar-refractivity contribution in [1.82, 2.24) is 24.4 Å². The molecule has 3 aromatic heterocycles.